The quantitative estimate of drug-likeness (QED) is 0.737. The Morgan fingerprint density at radius 1 is 1.16 bits per heavy atom. The zero-order chi connectivity index (χ0) is 17.5. The highest BCUT2D eigenvalue weighted by atomic mass is 16.6. The van der Waals surface area contributed by atoms with E-state index >= 15 is 0 Å². The fourth-order valence-electron chi connectivity index (χ4n) is 9.18. The molecule has 0 unspecified atom stereocenters. The van der Waals surface area contributed by atoms with Gasteiger partial charge in [0.25, 0.3) is 0 Å². The average molecular weight is 344 g/mol. The highest BCUT2D eigenvalue weighted by Crippen LogP contribution is 2.88. The van der Waals surface area contributed by atoms with E-state index in [1.165, 1.54) is 25.7 Å². The molecule has 0 aromatic rings. The summed E-state index contributed by atoms with van der Waals surface area (Å²) in [6.45, 7) is 8.06. The Morgan fingerprint density at radius 3 is 2.64 bits per heavy atom. The van der Waals surface area contributed by atoms with E-state index in [9.17, 15) is 5.11 Å². The summed E-state index contributed by atoms with van der Waals surface area (Å²) in [5.74, 6) is 2.14. The van der Waals surface area contributed by atoms with Crippen molar-refractivity contribution in [2.45, 2.75) is 76.6 Å². The molecule has 0 amide bonds. The Morgan fingerprint density at radius 2 is 1.96 bits per heavy atom. The molecule has 1 N–H and O–H groups in total. The van der Waals surface area contributed by atoms with E-state index < -0.39 is 0 Å². The van der Waals surface area contributed by atoms with Crippen LogP contribution in [0.2, 0.25) is 0 Å². The van der Waals surface area contributed by atoms with Crippen molar-refractivity contribution in [2.24, 2.45) is 34.0 Å². The fourth-order valence-corrected chi connectivity index (χ4v) is 9.18. The number of hydrogen-bond donors (Lipinski definition) is 1. The minimum absolute atomic E-state index is 0.0433. The minimum atomic E-state index is -0.102. The molecular weight excluding hydrogens is 312 g/mol. The molecule has 2 spiro atoms. The molecule has 3 nitrogen and oxygen atoms in total. The molecule has 138 valence electrons. The van der Waals surface area contributed by atoms with Gasteiger partial charge in [-0.25, -0.2) is 0 Å². The summed E-state index contributed by atoms with van der Waals surface area (Å²) in [5.41, 5.74) is 1.97. The van der Waals surface area contributed by atoms with Gasteiger partial charge in [0.2, 0.25) is 0 Å². The van der Waals surface area contributed by atoms with Gasteiger partial charge in [0.1, 0.15) is 11.2 Å². The maximum atomic E-state index is 10.7. The summed E-state index contributed by atoms with van der Waals surface area (Å²) in [5, 5.41) is 10.7. The predicted octanol–water partition coefficient (Wildman–Crippen LogP) is 3.70. The first-order chi connectivity index (χ1) is 11.8. The van der Waals surface area contributed by atoms with Gasteiger partial charge >= 0.3 is 0 Å². The Kier molecular flexibility index (Phi) is 2.54. The summed E-state index contributed by atoms with van der Waals surface area (Å²) < 4.78 is 12.6. The van der Waals surface area contributed by atoms with E-state index in [1.807, 2.05) is 7.11 Å². The van der Waals surface area contributed by atoms with E-state index in [2.05, 4.69) is 26.8 Å². The van der Waals surface area contributed by atoms with Crippen LogP contribution in [0.1, 0.15) is 59.3 Å². The third-order valence-corrected chi connectivity index (χ3v) is 10.4. The number of methoxy groups -OCH3 is 1. The van der Waals surface area contributed by atoms with Gasteiger partial charge in [-0.2, -0.15) is 0 Å². The number of hydrogen-bond acceptors (Lipinski definition) is 3. The number of ether oxygens (including phenoxy) is 2. The minimum Gasteiger partial charge on any atom is -0.393 e. The van der Waals surface area contributed by atoms with Crippen LogP contribution in [0.25, 0.3) is 0 Å². The predicted molar refractivity (Wildman–Crippen MR) is 95.0 cm³/mol. The van der Waals surface area contributed by atoms with Crippen molar-refractivity contribution in [3.63, 3.8) is 0 Å². The molecule has 3 heteroatoms. The second-order valence-electron chi connectivity index (χ2n) is 10.8. The summed E-state index contributed by atoms with van der Waals surface area (Å²) in [6, 6.07) is 0. The molecule has 25 heavy (non-hydrogen) atoms. The zero-order valence-electron chi connectivity index (χ0n) is 16.1. The van der Waals surface area contributed by atoms with Gasteiger partial charge in [0.15, 0.2) is 0 Å². The number of rotatable bonds is 1. The molecule has 4 saturated carbocycles. The lowest BCUT2D eigenvalue weighted by molar-refractivity contribution is -0.249. The van der Waals surface area contributed by atoms with Crippen molar-refractivity contribution in [1.82, 2.24) is 0 Å². The second kappa shape index (κ2) is 4.05. The zero-order valence-corrected chi connectivity index (χ0v) is 16.1. The first-order valence-electron chi connectivity index (χ1n) is 10.4. The maximum absolute atomic E-state index is 10.7. The lowest BCUT2D eigenvalue weighted by Gasteiger charge is -2.62. The molecular formula is C22H32O3. The number of fused-ring (bicyclic) bond motifs is 3. The molecule has 6 aliphatic rings. The molecule has 6 rings (SSSR count). The first-order valence-corrected chi connectivity index (χ1v) is 10.4. The SMILES string of the molecule is CO[C@]12C[C@@]13OC[C@@]31C(=CC[C@H]3[C@@H]4CC[C@@H](O)[C@@]4(C)CC[C@@H]31)C2(C)C. The number of aliphatic hydroxyl groups is 1. The summed E-state index contributed by atoms with van der Waals surface area (Å²) in [4.78, 5) is 0. The van der Waals surface area contributed by atoms with Crippen LogP contribution in [-0.2, 0) is 9.47 Å². The topological polar surface area (TPSA) is 38.7 Å². The van der Waals surface area contributed by atoms with Gasteiger partial charge in [-0.1, -0.05) is 32.4 Å². The maximum Gasteiger partial charge on any atom is 0.113 e. The summed E-state index contributed by atoms with van der Waals surface area (Å²) in [6.07, 6.45) is 9.44. The Labute approximate surface area is 151 Å². The van der Waals surface area contributed by atoms with Crippen LogP contribution in [0.3, 0.4) is 0 Å². The van der Waals surface area contributed by atoms with Crippen LogP contribution in [0.15, 0.2) is 11.6 Å². The van der Waals surface area contributed by atoms with Gasteiger partial charge in [-0.3, -0.25) is 0 Å². The molecule has 5 aliphatic carbocycles. The van der Waals surface area contributed by atoms with Crippen molar-refractivity contribution in [1.29, 1.82) is 0 Å². The van der Waals surface area contributed by atoms with Crippen LogP contribution in [0.5, 0.6) is 0 Å². The van der Waals surface area contributed by atoms with Crippen LogP contribution >= 0.6 is 0 Å². The fraction of sp³-hybridized carbons (Fsp3) is 0.909. The van der Waals surface area contributed by atoms with Crippen LogP contribution in [0.4, 0.5) is 0 Å². The third-order valence-electron chi connectivity index (χ3n) is 10.4. The van der Waals surface area contributed by atoms with E-state index in [0.29, 0.717) is 5.92 Å². The van der Waals surface area contributed by atoms with Crippen molar-refractivity contribution in [2.75, 3.05) is 13.7 Å². The van der Waals surface area contributed by atoms with Crippen molar-refractivity contribution >= 4 is 0 Å². The van der Waals surface area contributed by atoms with E-state index in [-0.39, 0.29) is 33.6 Å². The van der Waals surface area contributed by atoms with Gasteiger partial charge in [0.05, 0.1) is 18.1 Å². The molecule has 0 bridgehead atoms. The standard InChI is InChI=1S/C22H32O3/c1-18(2)16-7-5-13-14-6-8-17(23)19(14,3)10-9-15(13)20(16)12-25-22(20)11-21(18,22)24-4/h7,13-15,17,23H,5-6,8-12H2,1-4H3/t13-,14-,15-,17+,19-,20+,21-,22-/m0/s1. The molecule has 0 aromatic heterocycles. The van der Waals surface area contributed by atoms with Crippen LogP contribution in [-0.4, -0.2) is 36.1 Å². The van der Waals surface area contributed by atoms with E-state index in [4.69, 9.17) is 9.47 Å². The number of allylic oxidation sites excluding steroid dienone is 1. The Balaban J connectivity index is 1.48. The van der Waals surface area contributed by atoms with Crippen molar-refractivity contribution in [3.8, 4) is 0 Å². The van der Waals surface area contributed by atoms with Crippen molar-refractivity contribution in [3.05, 3.63) is 11.6 Å². The molecule has 8 atom stereocenters. The van der Waals surface area contributed by atoms with Crippen LogP contribution < -0.4 is 0 Å². The average Bonchev–Trinajstić information content (AvgIpc) is 3.22. The van der Waals surface area contributed by atoms with Crippen LogP contribution in [0, 0.1) is 34.0 Å². The summed E-state index contributed by atoms with van der Waals surface area (Å²) >= 11 is 0. The third kappa shape index (κ3) is 1.23. The molecule has 0 aromatic carbocycles. The molecule has 1 saturated heterocycles. The highest BCUT2D eigenvalue weighted by molar-refractivity contribution is 5.56. The van der Waals surface area contributed by atoms with E-state index in [0.717, 1.165) is 31.3 Å². The monoisotopic (exact) mass is 344 g/mol. The summed E-state index contributed by atoms with van der Waals surface area (Å²) in [7, 11) is 1.90. The highest BCUT2D eigenvalue weighted by Gasteiger charge is 2.95. The molecule has 1 heterocycles. The lowest BCUT2D eigenvalue weighted by Crippen LogP contribution is -2.64. The largest absolute Gasteiger partial charge is 0.393 e. The lowest BCUT2D eigenvalue weighted by atomic mass is 9.46. The molecule has 0 radical (unpaired) electrons. The van der Waals surface area contributed by atoms with E-state index in [1.54, 1.807) is 5.57 Å². The Hall–Kier alpha value is -0.380. The number of aliphatic hydroxyl groups excluding tert-OH is 1. The Bertz CT molecular complexity index is 697. The first kappa shape index (κ1) is 15.7. The second-order valence-corrected chi connectivity index (χ2v) is 10.8. The van der Waals surface area contributed by atoms with Gasteiger partial charge in [-0.15, -0.1) is 0 Å². The van der Waals surface area contributed by atoms with Gasteiger partial charge in [-0.05, 0) is 55.3 Å². The normalized spacial score (nSPS) is 62.7. The van der Waals surface area contributed by atoms with Gasteiger partial charge < -0.3 is 14.6 Å². The molecule has 1 aliphatic heterocycles. The van der Waals surface area contributed by atoms with Gasteiger partial charge in [0, 0.05) is 18.9 Å². The molecule has 5 fully saturated rings. The smallest absolute Gasteiger partial charge is 0.113 e. The van der Waals surface area contributed by atoms with Crippen molar-refractivity contribution < 1.29 is 14.6 Å².